The van der Waals surface area contributed by atoms with E-state index in [0.717, 1.165) is 5.52 Å². The Morgan fingerprint density at radius 2 is 2.00 bits per heavy atom. The fraction of sp³-hybridized carbons (Fsp3) is 0.526. The minimum Gasteiger partial charge on any atom is -0.447 e. The Kier molecular flexibility index (Phi) is 7.16. The van der Waals surface area contributed by atoms with Crippen molar-refractivity contribution in [3.05, 3.63) is 24.0 Å². The molecule has 0 saturated carbocycles. The van der Waals surface area contributed by atoms with E-state index in [9.17, 15) is 13.2 Å². The van der Waals surface area contributed by atoms with Gasteiger partial charge in [-0.25, -0.2) is 13.4 Å². The lowest BCUT2D eigenvalue weighted by Crippen LogP contribution is -2.30. The van der Waals surface area contributed by atoms with Crippen LogP contribution in [0.5, 0.6) is 0 Å². The molecule has 152 valence electrons. The maximum Gasteiger partial charge on any atom is 0.307 e. The summed E-state index contributed by atoms with van der Waals surface area (Å²) in [6.45, 7) is 8.50. The number of rotatable bonds is 9. The van der Waals surface area contributed by atoms with Gasteiger partial charge in [0.05, 0.1) is 22.3 Å². The van der Waals surface area contributed by atoms with E-state index < -0.39 is 22.1 Å². The monoisotopic (exact) mass is 406 g/mol. The molecule has 0 bridgehead atoms. The summed E-state index contributed by atoms with van der Waals surface area (Å²) >= 11 is 0. The van der Waals surface area contributed by atoms with E-state index >= 15 is 0 Å². The number of carbonyl (C=O) groups is 1. The standard InChI is InChI=1S/C19H26N4O4S/c1-5-22(6-2)28(25,26)15-8-9-17-16(12-15)21-18(23(17)7-3)10-11-19(24)27-14(4)13-20/h8-9,12,14H,5-7,10-11H2,1-4H3/t14-/m0/s1. The number of imidazole rings is 1. The number of sulfonamides is 1. The fourth-order valence-electron chi connectivity index (χ4n) is 3.07. The van der Waals surface area contributed by atoms with E-state index in [2.05, 4.69) is 4.98 Å². The van der Waals surface area contributed by atoms with E-state index in [1.807, 2.05) is 17.6 Å². The Hall–Kier alpha value is -2.44. The van der Waals surface area contributed by atoms with Crippen LogP contribution in [0.2, 0.25) is 0 Å². The Bertz CT molecular complexity index is 987. The van der Waals surface area contributed by atoms with Gasteiger partial charge in [0.15, 0.2) is 6.10 Å². The summed E-state index contributed by atoms with van der Waals surface area (Å²) in [5.41, 5.74) is 1.39. The number of hydrogen-bond donors (Lipinski definition) is 0. The number of aryl methyl sites for hydroxylation is 2. The summed E-state index contributed by atoms with van der Waals surface area (Å²) in [4.78, 5) is 16.6. The van der Waals surface area contributed by atoms with Crippen LogP contribution in [0.3, 0.4) is 0 Å². The molecule has 9 heteroatoms. The van der Waals surface area contributed by atoms with Crippen molar-refractivity contribution in [1.29, 1.82) is 5.26 Å². The van der Waals surface area contributed by atoms with Gasteiger partial charge in [0.1, 0.15) is 11.9 Å². The topological polar surface area (TPSA) is 105 Å². The number of esters is 1. The van der Waals surface area contributed by atoms with Gasteiger partial charge in [-0.15, -0.1) is 0 Å². The van der Waals surface area contributed by atoms with E-state index in [-0.39, 0.29) is 11.3 Å². The second-order valence-corrected chi connectivity index (χ2v) is 8.21. The highest BCUT2D eigenvalue weighted by atomic mass is 32.2. The molecule has 0 saturated heterocycles. The highest BCUT2D eigenvalue weighted by Crippen LogP contribution is 2.23. The lowest BCUT2D eigenvalue weighted by molar-refractivity contribution is -0.145. The highest BCUT2D eigenvalue weighted by Gasteiger charge is 2.23. The molecule has 0 radical (unpaired) electrons. The number of nitrogens with zero attached hydrogens (tertiary/aromatic N) is 4. The van der Waals surface area contributed by atoms with E-state index in [4.69, 9.17) is 10.00 Å². The average Bonchev–Trinajstić information content (AvgIpc) is 3.03. The summed E-state index contributed by atoms with van der Waals surface area (Å²) in [5.74, 6) is 0.213. The normalized spacial score (nSPS) is 12.9. The van der Waals surface area contributed by atoms with Crippen molar-refractivity contribution in [2.24, 2.45) is 0 Å². The van der Waals surface area contributed by atoms with E-state index in [0.29, 0.717) is 37.4 Å². The fourth-order valence-corrected chi connectivity index (χ4v) is 4.55. The quantitative estimate of drug-likeness (QED) is 0.592. The van der Waals surface area contributed by atoms with Gasteiger partial charge in [0.25, 0.3) is 0 Å². The van der Waals surface area contributed by atoms with Gasteiger partial charge in [0.2, 0.25) is 10.0 Å². The Labute approximate surface area is 165 Å². The zero-order valence-electron chi connectivity index (χ0n) is 16.7. The maximum atomic E-state index is 12.7. The number of hydrogen-bond acceptors (Lipinski definition) is 6. The van der Waals surface area contributed by atoms with Gasteiger partial charge in [-0.05, 0) is 32.0 Å². The number of ether oxygens (including phenoxy) is 1. The first-order chi connectivity index (χ1) is 13.3. The zero-order chi connectivity index (χ0) is 20.9. The van der Waals surface area contributed by atoms with Gasteiger partial charge >= 0.3 is 5.97 Å². The van der Waals surface area contributed by atoms with Crippen molar-refractivity contribution in [2.45, 2.75) is 58.1 Å². The minimum absolute atomic E-state index is 0.0972. The third kappa shape index (κ3) is 4.51. The molecule has 1 heterocycles. The third-order valence-electron chi connectivity index (χ3n) is 4.50. The average molecular weight is 407 g/mol. The Morgan fingerprint density at radius 3 is 2.57 bits per heavy atom. The molecule has 0 amide bonds. The number of fused-ring (bicyclic) bond motifs is 1. The SMILES string of the molecule is CCN(CC)S(=O)(=O)c1ccc2c(c1)nc(CCC(=O)O[C@@H](C)C#N)n2CC. The summed E-state index contributed by atoms with van der Waals surface area (Å²) in [6.07, 6.45) is -0.345. The lowest BCUT2D eigenvalue weighted by atomic mass is 10.3. The first kappa shape index (κ1) is 21.9. The van der Waals surface area contributed by atoms with E-state index in [1.165, 1.54) is 11.2 Å². The predicted octanol–water partition coefficient (Wildman–Crippen LogP) is 2.47. The molecule has 2 rings (SSSR count). The van der Waals surface area contributed by atoms with Crippen molar-refractivity contribution in [3.8, 4) is 6.07 Å². The molecule has 0 spiro atoms. The van der Waals surface area contributed by atoms with Crippen molar-refractivity contribution < 1.29 is 17.9 Å². The summed E-state index contributed by atoms with van der Waals surface area (Å²) in [6, 6.07) is 6.78. The van der Waals surface area contributed by atoms with Crippen LogP contribution >= 0.6 is 0 Å². The summed E-state index contributed by atoms with van der Waals surface area (Å²) in [5, 5.41) is 8.72. The van der Waals surface area contributed by atoms with Crippen molar-refractivity contribution in [3.63, 3.8) is 0 Å². The summed E-state index contributed by atoms with van der Waals surface area (Å²) in [7, 11) is -3.57. The smallest absolute Gasteiger partial charge is 0.307 e. The van der Waals surface area contributed by atoms with Crippen molar-refractivity contribution in [1.82, 2.24) is 13.9 Å². The molecule has 0 fully saturated rings. The van der Waals surface area contributed by atoms with Gasteiger partial charge in [-0.2, -0.15) is 9.57 Å². The van der Waals surface area contributed by atoms with Gasteiger partial charge in [-0.3, -0.25) is 4.79 Å². The molecule has 1 aromatic carbocycles. The summed E-state index contributed by atoms with van der Waals surface area (Å²) < 4.78 is 33.8. The largest absolute Gasteiger partial charge is 0.447 e. The van der Waals surface area contributed by atoms with Crippen LogP contribution in [0.4, 0.5) is 0 Å². The molecule has 0 aliphatic carbocycles. The maximum absolute atomic E-state index is 12.7. The van der Waals surface area contributed by atoms with Gasteiger partial charge < -0.3 is 9.30 Å². The first-order valence-corrected chi connectivity index (χ1v) is 10.8. The minimum atomic E-state index is -3.57. The Balaban J connectivity index is 2.33. The molecule has 1 aromatic heterocycles. The van der Waals surface area contributed by atoms with Crippen LogP contribution in [0.1, 0.15) is 39.9 Å². The van der Waals surface area contributed by atoms with E-state index in [1.54, 1.807) is 32.0 Å². The van der Waals surface area contributed by atoms with Crippen LogP contribution in [0.25, 0.3) is 11.0 Å². The van der Waals surface area contributed by atoms with Crippen LogP contribution in [0, 0.1) is 11.3 Å². The zero-order valence-corrected chi connectivity index (χ0v) is 17.5. The third-order valence-corrected chi connectivity index (χ3v) is 6.55. The molecule has 0 N–H and O–H groups in total. The van der Waals surface area contributed by atoms with Crippen LogP contribution in [-0.4, -0.2) is 47.4 Å². The molecule has 28 heavy (non-hydrogen) atoms. The molecule has 1 atom stereocenters. The van der Waals surface area contributed by atoms with Crippen LogP contribution in [0.15, 0.2) is 23.1 Å². The lowest BCUT2D eigenvalue weighted by Gasteiger charge is -2.18. The van der Waals surface area contributed by atoms with Crippen LogP contribution < -0.4 is 0 Å². The van der Waals surface area contributed by atoms with Gasteiger partial charge in [-0.1, -0.05) is 13.8 Å². The predicted molar refractivity (Wildman–Crippen MR) is 105 cm³/mol. The number of aromatic nitrogens is 2. The van der Waals surface area contributed by atoms with Crippen molar-refractivity contribution >= 4 is 27.0 Å². The van der Waals surface area contributed by atoms with Crippen LogP contribution in [-0.2, 0) is 32.5 Å². The molecule has 8 nitrogen and oxygen atoms in total. The molecular weight excluding hydrogens is 380 g/mol. The highest BCUT2D eigenvalue weighted by molar-refractivity contribution is 7.89. The molecule has 2 aromatic rings. The number of benzene rings is 1. The first-order valence-electron chi connectivity index (χ1n) is 9.36. The molecule has 0 aliphatic heterocycles. The second kappa shape index (κ2) is 9.17. The number of nitriles is 1. The number of carbonyl (C=O) groups excluding carboxylic acids is 1. The van der Waals surface area contributed by atoms with Gasteiger partial charge in [0, 0.05) is 26.1 Å². The second-order valence-electron chi connectivity index (χ2n) is 6.27. The van der Waals surface area contributed by atoms with Crippen molar-refractivity contribution in [2.75, 3.05) is 13.1 Å². The molecular formula is C19H26N4O4S. The Morgan fingerprint density at radius 1 is 1.32 bits per heavy atom. The molecule has 0 unspecified atom stereocenters. The molecule has 0 aliphatic rings.